The highest BCUT2D eigenvalue weighted by molar-refractivity contribution is 6.06. The number of rotatable bonds is 4. The van der Waals surface area contributed by atoms with E-state index >= 15 is 0 Å². The smallest absolute Gasteiger partial charge is 0.241 e. The summed E-state index contributed by atoms with van der Waals surface area (Å²) in [6.45, 7) is 0. The number of ketones is 1. The molecule has 4 atom stereocenters. The summed E-state index contributed by atoms with van der Waals surface area (Å²) in [5.41, 5.74) is 6.35. The Hall–Kier alpha value is -4.31. The van der Waals surface area contributed by atoms with Crippen molar-refractivity contribution in [3.05, 3.63) is 102 Å². The molecule has 7 heteroatoms. The molecule has 5 rings (SSSR count). The third-order valence-corrected chi connectivity index (χ3v) is 6.58. The van der Waals surface area contributed by atoms with Gasteiger partial charge in [-0.3, -0.25) is 14.6 Å². The van der Waals surface area contributed by atoms with Crippen LogP contribution in [0.3, 0.4) is 0 Å². The second kappa shape index (κ2) is 7.68. The van der Waals surface area contributed by atoms with Crippen LogP contribution in [0.4, 0.5) is 10.1 Å². The van der Waals surface area contributed by atoms with Crippen LogP contribution in [0.25, 0.3) is 6.08 Å². The van der Waals surface area contributed by atoms with Gasteiger partial charge in [-0.2, -0.15) is 5.26 Å². The molecule has 6 nitrogen and oxygen atoms in total. The number of benzene rings is 2. The highest BCUT2D eigenvalue weighted by atomic mass is 19.1. The van der Waals surface area contributed by atoms with Crippen LogP contribution in [0.2, 0.25) is 0 Å². The summed E-state index contributed by atoms with van der Waals surface area (Å²) in [6.07, 6.45) is 6.45. The van der Waals surface area contributed by atoms with Gasteiger partial charge in [-0.05, 0) is 35.9 Å². The number of amides is 1. The molecule has 1 fully saturated rings. The topological polar surface area (TPSA) is 100 Å². The first kappa shape index (κ1) is 20.6. The number of primary amides is 1. The van der Waals surface area contributed by atoms with Crippen LogP contribution in [0.15, 0.2) is 79.1 Å². The molecule has 2 aliphatic heterocycles. The summed E-state index contributed by atoms with van der Waals surface area (Å²) in [7, 11) is 0. The Morgan fingerprint density at radius 2 is 1.82 bits per heavy atom. The van der Waals surface area contributed by atoms with Gasteiger partial charge in [-0.15, -0.1) is 0 Å². The van der Waals surface area contributed by atoms with Crippen LogP contribution in [-0.2, 0) is 4.79 Å². The van der Waals surface area contributed by atoms with Crippen LogP contribution in [0.5, 0.6) is 0 Å². The Morgan fingerprint density at radius 3 is 2.48 bits per heavy atom. The predicted octanol–water partition coefficient (Wildman–Crippen LogP) is 3.47. The van der Waals surface area contributed by atoms with Gasteiger partial charge in [0.25, 0.3) is 0 Å². The molecule has 1 saturated heterocycles. The van der Waals surface area contributed by atoms with Crippen LogP contribution < -0.4 is 10.6 Å². The van der Waals surface area contributed by atoms with Gasteiger partial charge in [0.1, 0.15) is 11.9 Å². The zero-order chi connectivity index (χ0) is 23.2. The number of Topliss-reactive ketones (excluding diaryl/α,β-unsaturated/α-hetero) is 1. The van der Waals surface area contributed by atoms with Crippen LogP contribution in [0, 0.1) is 22.6 Å². The number of nitrogens with zero attached hydrogens (tertiary/aromatic N) is 3. The summed E-state index contributed by atoms with van der Waals surface area (Å²) < 4.78 is 14.0. The van der Waals surface area contributed by atoms with Gasteiger partial charge in [0.05, 0.1) is 12.1 Å². The van der Waals surface area contributed by atoms with Crippen molar-refractivity contribution in [1.82, 2.24) is 4.98 Å². The number of fused-ring (bicyclic) bond motifs is 3. The quantitative estimate of drug-likeness (QED) is 0.629. The highest BCUT2D eigenvalue weighted by Crippen LogP contribution is 2.55. The summed E-state index contributed by atoms with van der Waals surface area (Å²) in [5, 5.41) is 10.4. The van der Waals surface area contributed by atoms with Crippen molar-refractivity contribution in [3.63, 3.8) is 0 Å². The van der Waals surface area contributed by atoms with E-state index in [9.17, 15) is 19.2 Å². The third kappa shape index (κ3) is 2.95. The molecular formula is C26H19FN4O2. The maximum absolute atomic E-state index is 14.0. The standard InChI is InChI=1S/C26H19FN4O2/c27-19-7-8-20-18(14-19)6-9-21-26(15-28,25(29)33)22(16-10-12-30-13-11-16)23(31(20)21)24(32)17-4-2-1-3-5-17/h1-14,21-23H,(H2,29,33)/t21-,22+,23+,26+/m1/s1. The molecule has 2 N–H and O–H groups in total. The molecular weight excluding hydrogens is 419 g/mol. The first-order valence-corrected chi connectivity index (χ1v) is 10.5. The first-order valence-electron chi connectivity index (χ1n) is 10.5. The number of aromatic nitrogens is 1. The van der Waals surface area contributed by atoms with E-state index in [1.54, 1.807) is 78.0 Å². The number of carbonyl (C=O) groups excluding carboxylic acids is 2. The number of nitriles is 1. The van der Waals surface area contributed by atoms with Gasteiger partial charge < -0.3 is 10.6 Å². The fourth-order valence-corrected chi connectivity index (χ4v) is 5.18. The van der Waals surface area contributed by atoms with Gasteiger partial charge in [0, 0.05) is 35.1 Å². The second-order valence-electron chi connectivity index (χ2n) is 8.19. The molecule has 0 aliphatic carbocycles. The average molecular weight is 438 g/mol. The highest BCUT2D eigenvalue weighted by Gasteiger charge is 2.65. The maximum Gasteiger partial charge on any atom is 0.241 e. The molecule has 162 valence electrons. The largest absolute Gasteiger partial charge is 0.368 e. The maximum atomic E-state index is 14.0. The summed E-state index contributed by atoms with van der Waals surface area (Å²) in [6, 6.07) is 16.8. The van der Waals surface area contributed by atoms with E-state index in [4.69, 9.17) is 5.73 Å². The van der Waals surface area contributed by atoms with Gasteiger partial charge >= 0.3 is 0 Å². The van der Waals surface area contributed by atoms with Crippen LogP contribution in [0.1, 0.15) is 27.4 Å². The number of hydrogen-bond donors (Lipinski definition) is 1. The van der Waals surface area contributed by atoms with E-state index in [0.29, 0.717) is 22.4 Å². The van der Waals surface area contributed by atoms with E-state index in [0.717, 1.165) is 0 Å². The van der Waals surface area contributed by atoms with Crippen molar-refractivity contribution in [2.24, 2.45) is 11.1 Å². The Bertz CT molecular complexity index is 1320. The summed E-state index contributed by atoms with van der Waals surface area (Å²) >= 11 is 0. The van der Waals surface area contributed by atoms with Gasteiger partial charge in [0.15, 0.2) is 11.2 Å². The fourth-order valence-electron chi connectivity index (χ4n) is 5.18. The number of carbonyl (C=O) groups is 2. The van der Waals surface area contributed by atoms with E-state index in [1.807, 2.05) is 0 Å². The number of anilines is 1. The first-order chi connectivity index (χ1) is 16.0. The third-order valence-electron chi connectivity index (χ3n) is 6.58. The molecule has 2 aliphatic rings. The molecule has 0 unspecified atom stereocenters. The number of halogens is 1. The monoisotopic (exact) mass is 438 g/mol. The predicted molar refractivity (Wildman–Crippen MR) is 120 cm³/mol. The molecule has 1 amide bonds. The Labute approximate surface area is 189 Å². The Kier molecular flexibility index (Phi) is 4.79. The van der Waals surface area contributed by atoms with Crippen molar-refractivity contribution < 1.29 is 14.0 Å². The lowest BCUT2D eigenvalue weighted by molar-refractivity contribution is -0.125. The van der Waals surface area contributed by atoms with E-state index in [1.165, 1.54) is 12.1 Å². The molecule has 0 radical (unpaired) electrons. The molecule has 1 aromatic heterocycles. The molecule has 2 aromatic carbocycles. The lowest BCUT2D eigenvalue weighted by Crippen LogP contribution is -2.49. The normalized spacial score (nSPS) is 25.1. The number of hydrogen-bond acceptors (Lipinski definition) is 5. The van der Waals surface area contributed by atoms with Gasteiger partial charge in [-0.1, -0.05) is 42.5 Å². The van der Waals surface area contributed by atoms with E-state index in [-0.39, 0.29) is 5.78 Å². The number of nitrogens with two attached hydrogens (primary N) is 1. The van der Waals surface area contributed by atoms with Crippen molar-refractivity contribution in [3.8, 4) is 6.07 Å². The fraction of sp³-hybridized carbons (Fsp3) is 0.154. The minimum atomic E-state index is -1.74. The average Bonchev–Trinajstić information content (AvgIpc) is 3.16. The van der Waals surface area contributed by atoms with Crippen LogP contribution >= 0.6 is 0 Å². The molecule has 0 saturated carbocycles. The lowest BCUT2D eigenvalue weighted by Gasteiger charge is -2.36. The van der Waals surface area contributed by atoms with Crippen molar-refractivity contribution >= 4 is 23.5 Å². The zero-order valence-corrected chi connectivity index (χ0v) is 17.4. The van der Waals surface area contributed by atoms with Crippen molar-refractivity contribution in [2.45, 2.75) is 18.0 Å². The van der Waals surface area contributed by atoms with Gasteiger partial charge in [0.2, 0.25) is 5.91 Å². The summed E-state index contributed by atoms with van der Waals surface area (Å²) in [4.78, 5) is 32.8. The SMILES string of the molecule is N#C[C@@]1(C(N)=O)[C@@H](c2ccncc2)[C@@H](C(=O)c2ccccc2)N2c3ccc(F)cc3C=C[C@@H]21. The summed E-state index contributed by atoms with van der Waals surface area (Å²) in [5.74, 6) is -2.37. The second-order valence-corrected chi connectivity index (χ2v) is 8.19. The van der Waals surface area contributed by atoms with Crippen molar-refractivity contribution in [1.29, 1.82) is 5.26 Å². The Morgan fingerprint density at radius 1 is 1.09 bits per heavy atom. The van der Waals surface area contributed by atoms with E-state index < -0.39 is 35.1 Å². The van der Waals surface area contributed by atoms with Crippen molar-refractivity contribution in [2.75, 3.05) is 4.90 Å². The van der Waals surface area contributed by atoms with E-state index in [2.05, 4.69) is 11.1 Å². The molecule has 3 aromatic rings. The zero-order valence-electron chi connectivity index (χ0n) is 17.4. The molecule has 0 bridgehead atoms. The number of pyridine rings is 1. The van der Waals surface area contributed by atoms with Gasteiger partial charge in [-0.25, -0.2) is 4.39 Å². The minimum Gasteiger partial charge on any atom is -0.368 e. The molecule has 3 heterocycles. The lowest BCUT2D eigenvalue weighted by atomic mass is 9.67. The Balaban J connectivity index is 1.81. The minimum absolute atomic E-state index is 0.258. The van der Waals surface area contributed by atoms with Crippen LogP contribution in [-0.4, -0.2) is 28.8 Å². The molecule has 0 spiro atoms. The molecule has 33 heavy (non-hydrogen) atoms.